The number of nitrogens with zero attached hydrogens (tertiary/aromatic N) is 3. The van der Waals surface area contributed by atoms with Crippen molar-refractivity contribution in [3.63, 3.8) is 0 Å². The highest BCUT2D eigenvalue weighted by atomic mass is 32.2. The van der Waals surface area contributed by atoms with E-state index in [1.807, 2.05) is 42.6 Å². The monoisotopic (exact) mass is 406 g/mol. The lowest BCUT2D eigenvalue weighted by atomic mass is 10.2. The maximum Gasteiger partial charge on any atom is 0.305 e. The Labute approximate surface area is 171 Å². The van der Waals surface area contributed by atoms with Crippen molar-refractivity contribution in [3.05, 3.63) is 71.9 Å². The van der Waals surface area contributed by atoms with Crippen LogP contribution in [0.15, 0.2) is 71.0 Å². The summed E-state index contributed by atoms with van der Waals surface area (Å²) in [5, 5.41) is 20.3. The second kappa shape index (κ2) is 8.32. The maximum atomic E-state index is 11.8. The molecule has 1 aliphatic heterocycles. The van der Waals surface area contributed by atoms with E-state index in [1.165, 1.54) is 5.56 Å². The van der Waals surface area contributed by atoms with Crippen molar-refractivity contribution in [1.29, 1.82) is 0 Å². The summed E-state index contributed by atoms with van der Waals surface area (Å²) >= 11 is 1.08. The van der Waals surface area contributed by atoms with Crippen molar-refractivity contribution < 1.29 is 14.7 Å². The molecule has 1 saturated heterocycles. The molecular weight excluding hydrogens is 388 g/mol. The molecule has 1 atom stereocenters. The number of carboxylic acids is 1. The van der Waals surface area contributed by atoms with E-state index in [9.17, 15) is 9.59 Å². The van der Waals surface area contributed by atoms with Gasteiger partial charge in [-0.1, -0.05) is 60.3 Å². The number of para-hydroxylation sites is 1. The smallest absolute Gasteiger partial charge is 0.305 e. The molecule has 4 rings (SSSR count). The van der Waals surface area contributed by atoms with Gasteiger partial charge in [0.25, 0.3) is 0 Å². The Morgan fingerprint density at radius 2 is 1.93 bits per heavy atom. The molecule has 0 saturated carbocycles. The molecule has 0 spiro atoms. The van der Waals surface area contributed by atoms with E-state index < -0.39 is 11.2 Å². The van der Waals surface area contributed by atoms with Crippen LogP contribution in [0.5, 0.6) is 0 Å². The summed E-state index contributed by atoms with van der Waals surface area (Å²) < 4.78 is 2.16. The molecule has 2 aromatic carbocycles. The van der Waals surface area contributed by atoms with Gasteiger partial charge in [0.05, 0.1) is 12.6 Å². The molecule has 0 bridgehead atoms. The zero-order valence-corrected chi connectivity index (χ0v) is 16.2. The van der Waals surface area contributed by atoms with Gasteiger partial charge in [0.15, 0.2) is 5.17 Å². The fourth-order valence-corrected chi connectivity index (χ4v) is 4.09. The topological polar surface area (TPSA) is 96.0 Å². The summed E-state index contributed by atoms with van der Waals surface area (Å²) in [5.41, 5.74) is 3.21. The van der Waals surface area contributed by atoms with Gasteiger partial charge in [-0.15, -0.1) is 5.10 Å². The molecule has 7 nitrogen and oxygen atoms in total. The normalized spacial score (nSPS) is 18.0. The largest absolute Gasteiger partial charge is 0.481 e. The van der Waals surface area contributed by atoms with Crippen molar-refractivity contribution in [1.82, 2.24) is 9.88 Å². The third-order valence-corrected chi connectivity index (χ3v) is 5.57. The van der Waals surface area contributed by atoms with Gasteiger partial charge in [0, 0.05) is 29.2 Å². The molecule has 2 heterocycles. The SMILES string of the molecule is O=C(O)CC1SC(=NN=Cc2cn(Cc3ccccc3)c3ccccc23)NC1=O. The van der Waals surface area contributed by atoms with Crippen molar-refractivity contribution in [2.24, 2.45) is 10.2 Å². The Morgan fingerprint density at radius 3 is 2.72 bits per heavy atom. The number of aromatic nitrogens is 1. The van der Waals surface area contributed by atoms with Crippen molar-refractivity contribution in [2.45, 2.75) is 18.2 Å². The summed E-state index contributed by atoms with van der Waals surface area (Å²) in [6.07, 6.45) is 3.43. The molecule has 0 aliphatic carbocycles. The third-order valence-electron chi connectivity index (χ3n) is 4.50. The molecule has 1 fully saturated rings. The fraction of sp³-hybridized carbons (Fsp3) is 0.143. The second-order valence-electron chi connectivity index (χ2n) is 6.56. The van der Waals surface area contributed by atoms with Gasteiger partial charge in [0.1, 0.15) is 5.25 Å². The predicted molar refractivity (Wildman–Crippen MR) is 114 cm³/mol. The van der Waals surface area contributed by atoms with Crippen LogP contribution >= 0.6 is 11.8 Å². The van der Waals surface area contributed by atoms with Crippen LogP contribution in [0, 0.1) is 0 Å². The number of amides is 1. The fourth-order valence-electron chi connectivity index (χ4n) is 3.18. The van der Waals surface area contributed by atoms with Crippen molar-refractivity contribution in [2.75, 3.05) is 0 Å². The van der Waals surface area contributed by atoms with Crippen LogP contribution in [-0.4, -0.2) is 38.2 Å². The number of amidine groups is 1. The van der Waals surface area contributed by atoms with Crippen LogP contribution in [0.3, 0.4) is 0 Å². The van der Waals surface area contributed by atoms with Crippen LogP contribution in [0.4, 0.5) is 0 Å². The molecule has 8 heteroatoms. The minimum atomic E-state index is -1.02. The average Bonchev–Trinajstić information content (AvgIpc) is 3.23. The predicted octanol–water partition coefficient (Wildman–Crippen LogP) is 3.09. The van der Waals surface area contributed by atoms with Crippen LogP contribution in [-0.2, 0) is 16.1 Å². The van der Waals surface area contributed by atoms with Gasteiger partial charge < -0.3 is 15.0 Å². The lowest BCUT2D eigenvalue weighted by Gasteiger charge is -2.05. The Kier molecular flexibility index (Phi) is 5.44. The number of nitrogens with one attached hydrogen (secondary N) is 1. The third kappa shape index (κ3) is 4.38. The van der Waals surface area contributed by atoms with Gasteiger partial charge in [0.2, 0.25) is 5.91 Å². The number of benzene rings is 2. The van der Waals surface area contributed by atoms with Crippen LogP contribution in [0.25, 0.3) is 10.9 Å². The number of fused-ring (bicyclic) bond motifs is 1. The summed E-state index contributed by atoms with van der Waals surface area (Å²) in [4.78, 5) is 22.6. The first-order chi connectivity index (χ1) is 14.1. The summed E-state index contributed by atoms with van der Waals surface area (Å²) in [6, 6.07) is 18.3. The number of carboxylic acid groups (broad SMARTS) is 1. The van der Waals surface area contributed by atoms with E-state index in [0.717, 1.165) is 34.8 Å². The number of carbonyl (C=O) groups is 2. The highest BCUT2D eigenvalue weighted by Gasteiger charge is 2.32. The molecule has 3 aromatic rings. The molecular formula is C21H18N4O3S. The number of thioether (sulfide) groups is 1. The van der Waals surface area contributed by atoms with E-state index in [0.29, 0.717) is 5.17 Å². The summed E-state index contributed by atoms with van der Waals surface area (Å²) in [5.74, 6) is -1.38. The maximum absolute atomic E-state index is 11.8. The van der Waals surface area contributed by atoms with Crippen LogP contribution < -0.4 is 5.32 Å². The van der Waals surface area contributed by atoms with Gasteiger partial charge in [-0.05, 0) is 11.6 Å². The second-order valence-corrected chi connectivity index (χ2v) is 7.75. The molecule has 2 N–H and O–H groups in total. The van der Waals surface area contributed by atoms with Gasteiger partial charge >= 0.3 is 5.97 Å². The van der Waals surface area contributed by atoms with Crippen molar-refractivity contribution >= 4 is 45.9 Å². The number of hydrogen-bond donors (Lipinski definition) is 2. The van der Waals surface area contributed by atoms with Gasteiger partial charge in [-0.25, -0.2) is 0 Å². The first kappa shape index (κ1) is 18.9. The first-order valence-corrected chi connectivity index (χ1v) is 9.90. The number of hydrogen-bond acceptors (Lipinski definition) is 5. The quantitative estimate of drug-likeness (QED) is 0.486. The molecule has 1 unspecified atom stereocenters. The lowest BCUT2D eigenvalue weighted by Crippen LogP contribution is -2.26. The Bertz CT molecular complexity index is 1120. The minimum absolute atomic E-state index is 0.244. The van der Waals surface area contributed by atoms with E-state index in [4.69, 9.17) is 5.11 Å². The Balaban J connectivity index is 1.55. The molecule has 146 valence electrons. The number of carbonyl (C=O) groups excluding carboxylic acids is 1. The van der Waals surface area contributed by atoms with E-state index in [1.54, 1.807) is 6.21 Å². The van der Waals surface area contributed by atoms with Crippen LogP contribution in [0.2, 0.25) is 0 Å². The van der Waals surface area contributed by atoms with Crippen LogP contribution in [0.1, 0.15) is 17.5 Å². The highest BCUT2D eigenvalue weighted by molar-refractivity contribution is 8.15. The Morgan fingerprint density at radius 1 is 1.17 bits per heavy atom. The number of rotatable bonds is 6. The summed E-state index contributed by atoms with van der Waals surface area (Å²) in [7, 11) is 0. The standard InChI is InChI=1S/C21H18N4O3S/c26-19(27)10-18-20(28)23-21(29-18)24-22-11-15-13-25(12-14-6-2-1-3-7-14)17-9-5-4-8-16(15)17/h1-9,11,13,18H,10,12H2,(H,26,27)(H,23,24,28). The Hall–Kier alpha value is -3.39. The lowest BCUT2D eigenvalue weighted by molar-refractivity contribution is -0.138. The summed E-state index contributed by atoms with van der Waals surface area (Å²) in [6.45, 7) is 0.743. The zero-order valence-electron chi connectivity index (χ0n) is 15.4. The van der Waals surface area contributed by atoms with Gasteiger partial charge in [-0.3, -0.25) is 9.59 Å². The van der Waals surface area contributed by atoms with Gasteiger partial charge in [-0.2, -0.15) is 5.10 Å². The van der Waals surface area contributed by atoms with E-state index in [-0.39, 0.29) is 12.3 Å². The van der Waals surface area contributed by atoms with E-state index >= 15 is 0 Å². The molecule has 0 radical (unpaired) electrons. The average molecular weight is 406 g/mol. The molecule has 29 heavy (non-hydrogen) atoms. The highest BCUT2D eigenvalue weighted by Crippen LogP contribution is 2.23. The minimum Gasteiger partial charge on any atom is -0.481 e. The van der Waals surface area contributed by atoms with Crippen molar-refractivity contribution in [3.8, 4) is 0 Å². The molecule has 1 amide bonds. The number of aliphatic carboxylic acids is 1. The van der Waals surface area contributed by atoms with E-state index in [2.05, 4.69) is 38.3 Å². The molecule has 1 aliphatic rings. The zero-order chi connectivity index (χ0) is 20.2. The molecule has 1 aromatic heterocycles. The first-order valence-electron chi connectivity index (χ1n) is 9.02.